The number of rotatable bonds is 4. The lowest BCUT2D eigenvalue weighted by Gasteiger charge is -2.19. The van der Waals surface area contributed by atoms with Crippen LogP contribution in [0.25, 0.3) is 0 Å². The Morgan fingerprint density at radius 2 is 1.95 bits per heavy atom. The molecule has 1 aliphatic rings. The molecule has 4 nitrogen and oxygen atoms in total. The average molecular weight is 282 g/mol. The summed E-state index contributed by atoms with van der Waals surface area (Å²) >= 11 is 0. The maximum Gasteiger partial charge on any atom is 0.230 e. The molecule has 2 N–H and O–H groups in total. The second-order valence-electron chi connectivity index (χ2n) is 5.06. The third-order valence-corrected chi connectivity index (χ3v) is 3.65. The van der Waals surface area contributed by atoms with Crippen molar-refractivity contribution in [3.05, 3.63) is 54.1 Å². The number of fused-ring (bicyclic) bond motifs is 1. The fraction of sp³-hybridized carbons (Fsp3) is 0.235. The highest BCUT2D eigenvalue weighted by Gasteiger charge is 2.26. The molecule has 2 aromatic carbocycles. The number of hydrogen-bond acceptors (Lipinski definition) is 3. The second-order valence-corrected chi connectivity index (χ2v) is 5.06. The molecule has 0 radical (unpaired) electrons. The predicted molar refractivity (Wildman–Crippen MR) is 83.5 cm³/mol. The number of hydrogen-bond donors (Lipinski definition) is 1. The van der Waals surface area contributed by atoms with E-state index in [1.807, 2.05) is 48.5 Å². The van der Waals surface area contributed by atoms with Gasteiger partial charge < -0.3 is 15.4 Å². The normalized spacial score (nSPS) is 13.0. The van der Waals surface area contributed by atoms with Crippen molar-refractivity contribution in [3.8, 4) is 5.75 Å². The summed E-state index contributed by atoms with van der Waals surface area (Å²) in [4.78, 5) is 14.1. The highest BCUT2D eigenvalue weighted by Crippen LogP contribution is 2.33. The molecular formula is C17H18N2O2. The molecule has 0 aliphatic carbocycles. The number of anilines is 2. The van der Waals surface area contributed by atoms with Crippen LogP contribution < -0.4 is 15.4 Å². The van der Waals surface area contributed by atoms with Gasteiger partial charge in [0.2, 0.25) is 5.91 Å². The second kappa shape index (κ2) is 5.87. The Bertz CT molecular complexity index is 640. The standard InChI is InChI=1S/C17H18N2O2/c18-15-8-4-5-13-9-11-19(17(13)15)16(20)10-12-21-14-6-2-1-3-7-14/h1-8H,9-12,18H2. The van der Waals surface area contributed by atoms with E-state index in [2.05, 4.69) is 0 Å². The fourth-order valence-electron chi connectivity index (χ4n) is 2.64. The van der Waals surface area contributed by atoms with E-state index in [0.717, 1.165) is 23.4 Å². The van der Waals surface area contributed by atoms with Crippen LogP contribution in [0.3, 0.4) is 0 Å². The Hall–Kier alpha value is -2.49. The number of benzene rings is 2. The van der Waals surface area contributed by atoms with Gasteiger partial charge in [-0.1, -0.05) is 30.3 Å². The van der Waals surface area contributed by atoms with Crippen LogP contribution in [-0.4, -0.2) is 19.1 Å². The maximum atomic E-state index is 12.3. The first-order valence-electron chi connectivity index (χ1n) is 7.11. The molecule has 1 heterocycles. The van der Waals surface area contributed by atoms with Crippen molar-refractivity contribution in [1.29, 1.82) is 0 Å². The Balaban J connectivity index is 1.61. The number of ether oxygens (including phenoxy) is 1. The van der Waals surface area contributed by atoms with Gasteiger partial charge in [0.1, 0.15) is 5.75 Å². The lowest BCUT2D eigenvalue weighted by atomic mass is 10.1. The van der Waals surface area contributed by atoms with E-state index in [-0.39, 0.29) is 5.91 Å². The summed E-state index contributed by atoms with van der Waals surface area (Å²) in [5.74, 6) is 0.842. The zero-order valence-corrected chi connectivity index (χ0v) is 11.8. The van der Waals surface area contributed by atoms with Gasteiger partial charge in [-0.25, -0.2) is 0 Å². The van der Waals surface area contributed by atoms with E-state index in [9.17, 15) is 4.79 Å². The van der Waals surface area contributed by atoms with E-state index < -0.39 is 0 Å². The van der Waals surface area contributed by atoms with Crippen molar-refractivity contribution in [2.75, 3.05) is 23.8 Å². The molecule has 0 aromatic heterocycles. The smallest absolute Gasteiger partial charge is 0.230 e. The number of para-hydroxylation sites is 2. The zero-order valence-electron chi connectivity index (χ0n) is 11.8. The summed E-state index contributed by atoms with van der Waals surface area (Å²) in [5, 5.41) is 0. The van der Waals surface area contributed by atoms with E-state index in [1.54, 1.807) is 4.90 Å². The van der Waals surface area contributed by atoms with Gasteiger partial charge in [0.05, 0.1) is 24.4 Å². The maximum absolute atomic E-state index is 12.3. The lowest BCUT2D eigenvalue weighted by Crippen LogP contribution is -2.30. The van der Waals surface area contributed by atoms with Gasteiger partial charge in [0, 0.05) is 6.54 Å². The van der Waals surface area contributed by atoms with E-state index >= 15 is 0 Å². The summed E-state index contributed by atoms with van der Waals surface area (Å²) in [7, 11) is 0. The monoisotopic (exact) mass is 282 g/mol. The van der Waals surface area contributed by atoms with Gasteiger partial charge in [-0.05, 0) is 30.2 Å². The van der Waals surface area contributed by atoms with E-state index in [1.165, 1.54) is 0 Å². The van der Waals surface area contributed by atoms with Crippen molar-refractivity contribution < 1.29 is 9.53 Å². The third kappa shape index (κ3) is 2.84. The van der Waals surface area contributed by atoms with Gasteiger partial charge in [-0.15, -0.1) is 0 Å². The van der Waals surface area contributed by atoms with E-state index in [0.29, 0.717) is 25.3 Å². The Labute approximate surface area is 124 Å². The molecule has 0 saturated carbocycles. The number of amides is 1. The molecule has 0 spiro atoms. The molecule has 2 aromatic rings. The van der Waals surface area contributed by atoms with Crippen molar-refractivity contribution in [1.82, 2.24) is 0 Å². The van der Waals surface area contributed by atoms with Crippen molar-refractivity contribution in [2.24, 2.45) is 0 Å². The Morgan fingerprint density at radius 3 is 2.76 bits per heavy atom. The van der Waals surface area contributed by atoms with Crippen LogP contribution in [0, 0.1) is 0 Å². The van der Waals surface area contributed by atoms with Crippen LogP contribution in [0.15, 0.2) is 48.5 Å². The quantitative estimate of drug-likeness (QED) is 0.877. The van der Waals surface area contributed by atoms with Gasteiger partial charge in [-0.3, -0.25) is 4.79 Å². The molecule has 0 unspecified atom stereocenters. The largest absolute Gasteiger partial charge is 0.493 e. The number of nitrogens with two attached hydrogens (primary N) is 1. The molecule has 4 heteroatoms. The van der Waals surface area contributed by atoms with Crippen molar-refractivity contribution in [3.63, 3.8) is 0 Å². The van der Waals surface area contributed by atoms with Gasteiger partial charge >= 0.3 is 0 Å². The summed E-state index contributed by atoms with van der Waals surface area (Å²) in [6.45, 7) is 1.08. The molecule has 0 bridgehead atoms. The molecule has 0 saturated heterocycles. The number of carbonyl (C=O) groups is 1. The molecule has 1 amide bonds. The van der Waals surface area contributed by atoms with Gasteiger partial charge in [-0.2, -0.15) is 0 Å². The number of carbonyl (C=O) groups excluding carboxylic acids is 1. The van der Waals surface area contributed by atoms with Crippen molar-refractivity contribution >= 4 is 17.3 Å². The lowest BCUT2D eigenvalue weighted by molar-refractivity contribution is -0.119. The van der Waals surface area contributed by atoms with Crippen LogP contribution >= 0.6 is 0 Å². The average Bonchev–Trinajstić information content (AvgIpc) is 2.94. The molecule has 1 aliphatic heterocycles. The summed E-state index contributed by atoms with van der Waals surface area (Å²) in [6, 6.07) is 15.3. The van der Waals surface area contributed by atoms with Crippen LogP contribution in [0.2, 0.25) is 0 Å². The van der Waals surface area contributed by atoms with Crippen LogP contribution in [0.4, 0.5) is 11.4 Å². The first-order chi connectivity index (χ1) is 10.3. The van der Waals surface area contributed by atoms with Crippen molar-refractivity contribution in [2.45, 2.75) is 12.8 Å². The number of nitrogens with zero attached hydrogens (tertiary/aromatic N) is 1. The summed E-state index contributed by atoms with van der Waals surface area (Å²) in [5.41, 5.74) is 8.69. The van der Waals surface area contributed by atoms with E-state index in [4.69, 9.17) is 10.5 Å². The Morgan fingerprint density at radius 1 is 1.14 bits per heavy atom. The topological polar surface area (TPSA) is 55.6 Å². The molecule has 108 valence electrons. The Kier molecular flexibility index (Phi) is 3.77. The highest BCUT2D eigenvalue weighted by molar-refractivity contribution is 5.98. The highest BCUT2D eigenvalue weighted by atomic mass is 16.5. The minimum Gasteiger partial charge on any atom is -0.493 e. The number of nitrogen functional groups attached to an aromatic ring is 1. The van der Waals surface area contributed by atoms with Gasteiger partial charge in [0.15, 0.2) is 0 Å². The van der Waals surface area contributed by atoms with Crippen LogP contribution in [0.5, 0.6) is 5.75 Å². The molecular weight excluding hydrogens is 264 g/mol. The zero-order chi connectivity index (χ0) is 14.7. The summed E-state index contributed by atoms with van der Waals surface area (Å²) < 4.78 is 5.58. The van der Waals surface area contributed by atoms with Gasteiger partial charge in [0.25, 0.3) is 0 Å². The SMILES string of the molecule is Nc1cccc2c1N(C(=O)CCOc1ccccc1)CC2. The third-order valence-electron chi connectivity index (χ3n) is 3.65. The van der Waals surface area contributed by atoms with Crippen LogP contribution in [0.1, 0.15) is 12.0 Å². The molecule has 21 heavy (non-hydrogen) atoms. The predicted octanol–water partition coefficient (Wildman–Crippen LogP) is 2.63. The first-order valence-corrected chi connectivity index (χ1v) is 7.11. The minimum atomic E-state index is 0.0579. The molecule has 3 rings (SSSR count). The minimum absolute atomic E-state index is 0.0579. The fourth-order valence-corrected chi connectivity index (χ4v) is 2.64. The van der Waals surface area contributed by atoms with Crippen LogP contribution in [-0.2, 0) is 11.2 Å². The summed E-state index contributed by atoms with van der Waals surface area (Å²) in [6.07, 6.45) is 1.22. The first kappa shape index (κ1) is 13.5. The molecule has 0 fully saturated rings. The molecule has 0 atom stereocenters.